The fourth-order valence-corrected chi connectivity index (χ4v) is 4.62. The SMILES string of the molecule is COc1cc(/C=N\NC(=O)CN(c2cc(C)ccc2C)S(=O)(=O)c2ccccc2)ccc1O. The van der Waals surface area contributed by atoms with Crippen molar-refractivity contribution in [2.45, 2.75) is 18.7 Å². The van der Waals surface area contributed by atoms with Crippen LogP contribution >= 0.6 is 0 Å². The maximum atomic E-state index is 13.4. The van der Waals surface area contributed by atoms with Crippen LogP contribution in [0.15, 0.2) is 76.7 Å². The molecule has 0 spiro atoms. The number of carbonyl (C=O) groups is 1. The molecule has 172 valence electrons. The van der Waals surface area contributed by atoms with Gasteiger partial charge in [-0.2, -0.15) is 5.10 Å². The first-order valence-electron chi connectivity index (χ1n) is 10.1. The Morgan fingerprint density at radius 1 is 1.09 bits per heavy atom. The van der Waals surface area contributed by atoms with Gasteiger partial charge in [-0.25, -0.2) is 13.8 Å². The Kier molecular flexibility index (Phi) is 7.34. The summed E-state index contributed by atoms with van der Waals surface area (Å²) in [6, 6.07) is 18.0. The third kappa shape index (κ3) is 5.69. The second kappa shape index (κ2) is 10.2. The molecule has 3 rings (SSSR count). The van der Waals surface area contributed by atoms with E-state index in [0.29, 0.717) is 16.8 Å². The molecule has 1 amide bonds. The summed E-state index contributed by atoms with van der Waals surface area (Å²) in [5.74, 6) is -0.369. The lowest BCUT2D eigenvalue weighted by Gasteiger charge is -2.25. The summed E-state index contributed by atoms with van der Waals surface area (Å²) in [6.07, 6.45) is 1.37. The fraction of sp³-hybridized carbons (Fsp3) is 0.167. The number of sulfonamides is 1. The minimum atomic E-state index is -4.00. The number of benzene rings is 3. The van der Waals surface area contributed by atoms with Crippen LogP contribution in [-0.4, -0.2) is 39.3 Å². The van der Waals surface area contributed by atoms with E-state index >= 15 is 0 Å². The van der Waals surface area contributed by atoms with E-state index in [9.17, 15) is 18.3 Å². The van der Waals surface area contributed by atoms with Crippen molar-refractivity contribution in [3.8, 4) is 11.5 Å². The summed E-state index contributed by atoms with van der Waals surface area (Å²) >= 11 is 0. The van der Waals surface area contributed by atoms with E-state index in [1.165, 1.54) is 31.5 Å². The molecule has 0 bridgehead atoms. The third-order valence-electron chi connectivity index (χ3n) is 4.86. The van der Waals surface area contributed by atoms with Gasteiger partial charge in [0.1, 0.15) is 6.54 Å². The molecule has 0 fully saturated rings. The highest BCUT2D eigenvalue weighted by Crippen LogP contribution is 2.28. The van der Waals surface area contributed by atoms with Gasteiger partial charge in [-0.15, -0.1) is 0 Å². The molecular weight excluding hydrogens is 442 g/mol. The number of nitrogens with one attached hydrogen (secondary N) is 1. The van der Waals surface area contributed by atoms with Crippen molar-refractivity contribution in [2.75, 3.05) is 18.0 Å². The lowest BCUT2D eigenvalue weighted by Crippen LogP contribution is -2.40. The van der Waals surface area contributed by atoms with Gasteiger partial charge in [0.05, 0.1) is 23.9 Å². The molecule has 0 heterocycles. The quantitative estimate of drug-likeness (QED) is 0.390. The van der Waals surface area contributed by atoms with Crippen LogP contribution in [0.4, 0.5) is 5.69 Å². The zero-order valence-corrected chi connectivity index (χ0v) is 19.3. The average molecular weight is 468 g/mol. The second-order valence-electron chi connectivity index (χ2n) is 7.34. The molecular formula is C24H25N3O5S. The summed E-state index contributed by atoms with van der Waals surface area (Å²) in [5, 5.41) is 13.6. The molecule has 0 saturated carbocycles. The second-order valence-corrected chi connectivity index (χ2v) is 9.20. The van der Waals surface area contributed by atoms with E-state index in [4.69, 9.17) is 4.74 Å². The molecule has 8 nitrogen and oxygen atoms in total. The molecule has 0 unspecified atom stereocenters. The number of rotatable bonds is 8. The molecule has 9 heteroatoms. The third-order valence-corrected chi connectivity index (χ3v) is 6.63. The lowest BCUT2D eigenvalue weighted by molar-refractivity contribution is -0.119. The minimum Gasteiger partial charge on any atom is -0.504 e. The predicted molar refractivity (Wildman–Crippen MR) is 127 cm³/mol. The van der Waals surface area contributed by atoms with Crippen LogP contribution < -0.4 is 14.5 Å². The van der Waals surface area contributed by atoms with Crippen molar-refractivity contribution in [3.63, 3.8) is 0 Å². The Hall–Kier alpha value is -3.85. The van der Waals surface area contributed by atoms with Crippen molar-refractivity contribution in [1.82, 2.24) is 5.43 Å². The number of ether oxygens (including phenoxy) is 1. The number of phenolic OH excluding ortho intramolecular Hbond substituents is 1. The molecule has 0 aliphatic heterocycles. The van der Waals surface area contributed by atoms with Crippen molar-refractivity contribution >= 4 is 27.8 Å². The summed E-state index contributed by atoms with van der Waals surface area (Å²) < 4.78 is 32.9. The molecule has 0 aliphatic rings. The van der Waals surface area contributed by atoms with Gasteiger partial charge in [0, 0.05) is 0 Å². The molecule has 0 aromatic heterocycles. The van der Waals surface area contributed by atoms with Gasteiger partial charge in [-0.05, 0) is 66.9 Å². The van der Waals surface area contributed by atoms with E-state index in [1.807, 2.05) is 19.1 Å². The first-order valence-corrected chi connectivity index (χ1v) is 11.5. The number of hydrogen-bond acceptors (Lipinski definition) is 6. The predicted octanol–water partition coefficient (Wildman–Crippen LogP) is 3.36. The van der Waals surface area contributed by atoms with E-state index in [0.717, 1.165) is 9.87 Å². The number of nitrogens with zero attached hydrogens (tertiary/aromatic N) is 2. The molecule has 2 N–H and O–H groups in total. The molecule has 0 saturated heterocycles. The Balaban J connectivity index is 1.86. The molecule has 3 aromatic carbocycles. The number of phenols is 1. The number of anilines is 1. The van der Waals surface area contributed by atoms with Gasteiger partial charge in [0.15, 0.2) is 11.5 Å². The Bertz CT molecular complexity index is 1270. The smallest absolute Gasteiger partial charge is 0.264 e. The number of carbonyl (C=O) groups excluding carboxylic acids is 1. The topological polar surface area (TPSA) is 108 Å². The monoisotopic (exact) mass is 467 g/mol. The van der Waals surface area contributed by atoms with Crippen LogP contribution in [0.2, 0.25) is 0 Å². The van der Waals surface area contributed by atoms with Crippen molar-refractivity contribution in [2.24, 2.45) is 5.10 Å². The molecule has 0 radical (unpaired) electrons. The van der Waals surface area contributed by atoms with Crippen LogP contribution in [0, 0.1) is 13.8 Å². The zero-order valence-electron chi connectivity index (χ0n) is 18.5. The maximum Gasteiger partial charge on any atom is 0.264 e. The normalized spacial score (nSPS) is 11.4. The maximum absolute atomic E-state index is 13.4. The summed E-state index contributed by atoms with van der Waals surface area (Å²) in [4.78, 5) is 12.8. The molecule has 3 aromatic rings. The van der Waals surface area contributed by atoms with Gasteiger partial charge < -0.3 is 9.84 Å². The average Bonchev–Trinajstić information content (AvgIpc) is 2.80. The van der Waals surface area contributed by atoms with Crippen molar-refractivity contribution < 1.29 is 23.1 Å². The number of methoxy groups -OCH3 is 1. The number of amides is 1. The number of hydrazone groups is 1. The first kappa shape index (κ1) is 23.8. The number of hydrogen-bond donors (Lipinski definition) is 2. The molecule has 0 atom stereocenters. The lowest BCUT2D eigenvalue weighted by atomic mass is 10.1. The highest BCUT2D eigenvalue weighted by Gasteiger charge is 2.28. The van der Waals surface area contributed by atoms with Crippen molar-refractivity contribution in [1.29, 1.82) is 0 Å². The largest absolute Gasteiger partial charge is 0.504 e. The Labute approximate surface area is 193 Å². The van der Waals surface area contributed by atoms with Gasteiger partial charge in [-0.3, -0.25) is 9.10 Å². The van der Waals surface area contributed by atoms with Crippen LogP contribution in [0.5, 0.6) is 11.5 Å². The van der Waals surface area contributed by atoms with Gasteiger partial charge in [0.2, 0.25) is 0 Å². The van der Waals surface area contributed by atoms with Gasteiger partial charge in [-0.1, -0.05) is 30.3 Å². The fourth-order valence-electron chi connectivity index (χ4n) is 3.13. The Morgan fingerprint density at radius 2 is 1.82 bits per heavy atom. The first-order chi connectivity index (χ1) is 15.7. The van der Waals surface area contributed by atoms with Gasteiger partial charge in [0.25, 0.3) is 15.9 Å². The van der Waals surface area contributed by atoms with Crippen LogP contribution in [-0.2, 0) is 14.8 Å². The zero-order chi connectivity index (χ0) is 24.0. The Morgan fingerprint density at radius 3 is 2.52 bits per heavy atom. The summed E-state index contributed by atoms with van der Waals surface area (Å²) in [6.45, 7) is 3.18. The minimum absolute atomic E-state index is 0.0195. The highest BCUT2D eigenvalue weighted by atomic mass is 32.2. The molecule has 33 heavy (non-hydrogen) atoms. The van der Waals surface area contributed by atoms with E-state index in [1.54, 1.807) is 43.3 Å². The number of aryl methyl sites for hydroxylation is 2. The molecule has 0 aliphatic carbocycles. The van der Waals surface area contributed by atoms with Crippen LogP contribution in [0.3, 0.4) is 0 Å². The highest BCUT2D eigenvalue weighted by molar-refractivity contribution is 7.92. The van der Waals surface area contributed by atoms with Crippen molar-refractivity contribution in [3.05, 3.63) is 83.4 Å². The van der Waals surface area contributed by atoms with Crippen LogP contribution in [0.1, 0.15) is 16.7 Å². The summed E-state index contributed by atoms with van der Waals surface area (Å²) in [5.41, 5.74) is 4.94. The summed E-state index contributed by atoms with van der Waals surface area (Å²) in [7, 11) is -2.58. The van der Waals surface area contributed by atoms with Gasteiger partial charge >= 0.3 is 0 Å². The van der Waals surface area contributed by atoms with Crippen LogP contribution in [0.25, 0.3) is 0 Å². The van der Waals surface area contributed by atoms with E-state index in [2.05, 4.69) is 10.5 Å². The van der Waals surface area contributed by atoms with E-state index < -0.39 is 22.5 Å². The number of aromatic hydroxyl groups is 1. The van der Waals surface area contributed by atoms with E-state index in [-0.39, 0.29) is 16.4 Å². The standard InChI is InChI=1S/C24H25N3O5S/c1-17-9-10-18(2)21(13-17)27(33(30,31)20-7-5-4-6-8-20)16-24(29)26-25-15-19-11-12-22(28)23(14-19)32-3/h4-15,28H,16H2,1-3H3,(H,26,29)/b25-15-.